The normalized spacial score (nSPS) is 39.5. The van der Waals surface area contributed by atoms with E-state index in [0.29, 0.717) is 6.04 Å². The van der Waals surface area contributed by atoms with Gasteiger partial charge in [-0.05, 0) is 81.5 Å². The summed E-state index contributed by atoms with van der Waals surface area (Å²) in [6.45, 7) is 3.31. The topological polar surface area (TPSA) is 52.7 Å². The molecule has 6 rings (SSSR count). The molecule has 0 radical (unpaired) electrons. The summed E-state index contributed by atoms with van der Waals surface area (Å²) in [6.07, 6.45) is 10.8. The summed E-state index contributed by atoms with van der Waals surface area (Å²) in [5.74, 6) is 3.76. The molecule has 4 bridgehead atoms. The highest BCUT2D eigenvalue weighted by Gasteiger charge is 2.49. The first-order valence-electron chi connectivity index (χ1n) is 11.0. The molecule has 0 aromatic rings. The van der Waals surface area contributed by atoms with E-state index in [1.165, 1.54) is 32.1 Å². The zero-order valence-electron chi connectivity index (χ0n) is 15.9. The second-order valence-electron chi connectivity index (χ2n) is 9.70. The lowest BCUT2D eigenvalue weighted by Gasteiger charge is -2.54. The molecule has 2 aliphatic heterocycles. The van der Waals surface area contributed by atoms with Crippen molar-refractivity contribution in [1.82, 2.24) is 15.1 Å². The molecule has 0 aromatic carbocycles. The summed E-state index contributed by atoms with van der Waals surface area (Å²) < 4.78 is 0. The van der Waals surface area contributed by atoms with E-state index in [0.717, 1.165) is 75.5 Å². The minimum absolute atomic E-state index is 0.106. The predicted molar refractivity (Wildman–Crippen MR) is 99.5 cm³/mol. The molecule has 0 atom stereocenters. The number of urea groups is 1. The molecule has 0 unspecified atom stereocenters. The van der Waals surface area contributed by atoms with Crippen LogP contribution in [0.25, 0.3) is 0 Å². The molecule has 144 valence electrons. The number of nitrogens with zero attached hydrogens (tertiary/aromatic N) is 2. The number of carbonyl (C=O) groups excluding carboxylic acids is 2. The van der Waals surface area contributed by atoms with Crippen LogP contribution < -0.4 is 5.32 Å². The van der Waals surface area contributed by atoms with Crippen molar-refractivity contribution in [3.05, 3.63) is 0 Å². The Morgan fingerprint density at radius 1 is 0.731 bits per heavy atom. The van der Waals surface area contributed by atoms with Crippen LogP contribution >= 0.6 is 0 Å². The fourth-order valence-electron chi connectivity index (χ4n) is 6.88. The molecule has 0 spiro atoms. The number of piperidine rings is 1. The SMILES string of the molecule is O=C(NC1C2CC3CC(C2)CC1C3)C1CCN(C(=O)N2CCCC2)CC1. The third-order valence-corrected chi connectivity index (χ3v) is 8.05. The van der Waals surface area contributed by atoms with Crippen LogP contribution in [0.15, 0.2) is 0 Å². The van der Waals surface area contributed by atoms with Crippen LogP contribution in [0.3, 0.4) is 0 Å². The zero-order valence-corrected chi connectivity index (χ0v) is 15.9. The van der Waals surface area contributed by atoms with Gasteiger partial charge >= 0.3 is 6.03 Å². The average molecular weight is 360 g/mol. The monoisotopic (exact) mass is 359 g/mol. The molecular formula is C21H33N3O2. The lowest BCUT2D eigenvalue weighted by Crippen LogP contribution is -2.57. The second-order valence-corrected chi connectivity index (χ2v) is 9.70. The molecule has 0 aromatic heterocycles. The molecule has 2 saturated heterocycles. The predicted octanol–water partition coefficient (Wildman–Crippen LogP) is 2.86. The number of nitrogens with one attached hydrogen (secondary N) is 1. The van der Waals surface area contributed by atoms with Gasteiger partial charge in [0.05, 0.1) is 0 Å². The van der Waals surface area contributed by atoms with E-state index < -0.39 is 0 Å². The van der Waals surface area contributed by atoms with E-state index in [-0.39, 0.29) is 17.9 Å². The number of amides is 3. The van der Waals surface area contributed by atoms with Crippen molar-refractivity contribution in [3.8, 4) is 0 Å². The van der Waals surface area contributed by atoms with Gasteiger partial charge in [-0.15, -0.1) is 0 Å². The molecule has 6 aliphatic rings. The van der Waals surface area contributed by atoms with E-state index >= 15 is 0 Å². The highest BCUT2D eigenvalue weighted by molar-refractivity contribution is 5.80. The van der Waals surface area contributed by atoms with Gasteiger partial charge in [0.25, 0.3) is 0 Å². The first-order chi connectivity index (χ1) is 12.7. The van der Waals surface area contributed by atoms with Crippen molar-refractivity contribution in [3.63, 3.8) is 0 Å². The lowest BCUT2D eigenvalue weighted by atomic mass is 9.54. The third kappa shape index (κ3) is 3.01. The molecule has 5 heteroatoms. The van der Waals surface area contributed by atoms with Crippen LogP contribution in [0.4, 0.5) is 4.79 Å². The second kappa shape index (κ2) is 6.72. The van der Waals surface area contributed by atoms with Gasteiger partial charge in [-0.1, -0.05) is 0 Å². The van der Waals surface area contributed by atoms with Crippen molar-refractivity contribution < 1.29 is 9.59 Å². The Hall–Kier alpha value is -1.26. The van der Waals surface area contributed by atoms with Gasteiger partial charge in [-0.25, -0.2) is 4.79 Å². The highest BCUT2D eigenvalue weighted by Crippen LogP contribution is 2.53. The molecule has 2 heterocycles. The maximum absolute atomic E-state index is 12.9. The molecule has 1 N–H and O–H groups in total. The summed E-state index contributed by atoms with van der Waals surface area (Å²) in [6, 6.07) is 0.641. The van der Waals surface area contributed by atoms with E-state index in [4.69, 9.17) is 0 Å². The summed E-state index contributed by atoms with van der Waals surface area (Å²) in [7, 11) is 0. The number of hydrogen-bond acceptors (Lipinski definition) is 2. The molecule has 4 aliphatic carbocycles. The lowest BCUT2D eigenvalue weighted by molar-refractivity contribution is -0.130. The van der Waals surface area contributed by atoms with Crippen LogP contribution in [0, 0.1) is 29.6 Å². The van der Waals surface area contributed by atoms with Gasteiger partial charge in [0.1, 0.15) is 0 Å². The van der Waals surface area contributed by atoms with Gasteiger partial charge in [-0.3, -0.25) is 4.79 Å². The Morgan fingerprint density at radius 2 is 1.27 bits per heavy atom. The van der Waals surface area contributed by atoms with Crippen LogP contribution in [0.5, 0.6) is 0 Å². The van der Waals surface area contributed by atoms with E-state index in [1.807, 2.05) is 9.80 Å². The third-order valence-electron chi connectivity index (χ3n) is 8.05. The van der Waals surface area contributed by atoms with E-state index in [2.05, 4.69) is 5.32 Å². The summed E-state index contributed by atoms with van der Waals surface area (Å²) in [5, 5.41) is 3.48. The first-order valence-corrected chi connectivity index (χ1v) is 11.0. The summed E-state index contributed by atoms with van der Waals surface area (Å²) >= 11 is 0. The van der Waals surface area contributed by atoms with Crippen molar-refractivity contribution in [2.75, 3.05) is 26.2 Å². The van der Waals surface area contributed by atoms with Crippen molar-refractivity contribution in [2.45, 2.75) is 63.8 Å². The standard InChI is InChI=1S/C21H33N3O2/c25-20(22-19-17-10-14-9-15(12-17)13-18(19)11-14)16-3-7-24(8-4-16)21(26)23-5-1-2-6-23/h14-19H,1-13H2,(H,22,25). The molecule has 3 amide bonds. The maximum Gasteiger partial charge on any atom is 0.319 e. The minimum atomic E-state index is 0.106. The number of likely N-dealkylation sites (tertiary alicyclic amines) is 2. The Balaban J connectivity index is 1.13. The van der Waals surface area contributed by atoms with Crippen molar-refractivity contribution >= 4 is 11.9 Å². The largest absolute Gasteiger partial charge is 0.353 e. The van der Waals surface area contributed by atoms with Crippen molar-refractivity contribution in [2.24, 2.45) is 29.6 Å². The molecular weight excluding hydrogens is 326 g/mol. The highest BCUT2D eigenvalue weighted by atomic mass is 16.2. The smallest absolute Gasteiger partial charge is 0.319 e. The Morgan fingerprint density at radius 3 is 1.85 bits per heavy atom. The van der Waals surface area contributed by atoms with Gasteiger partial charge in [0.15, 0.2) is 0 Å². The zero-order chi connectivity index (χ0) is 17.7. The molecule has 5 nitrogen and oxygen atoms in total. The number of hydrogen-bond donors (Lipinski definition) is 1. The molecule has 26 heavy (non-hydrogen) atoms. The minimum Gasteiger partial charge on any atom is -0.353 e. The molecule has 6 fully saturated rings. The van der Waals surface area contributed by atoms with Crippen LogP contribution in [-0.4, -0.2) is 54.0 Å². The Bertz CT molecular complexity index is 536. The van der Waals surface area contributed by atoms with Crippen LogP contribution in [0.1, 0.15) is 57.8 Å². The molecule has 4 saturated carbocycles. The van der Waals surface area contributed by atoms with Gasteiger partial charge in [0.2, 0.25) is 5.91 Å². The maximum atomic E-state index is 12.9. The van der Waals surface area contributed by atoms with Gasteiger partial charge < -0.3 is 15.1 Å². The van der Waals surface area contributed by atoms with Crippen LogP contribution in [-0.2, 0) is 4.79 Å². The quantitative estimate of drug-likeness (QED) is 0.824. The first kappa shape index (κ1) is 16.9. The van der Waals surface area contributed by atoms with Gasteiger partial charge in [0, 0.05) is 38.1 Å². The fourth-order valence-corrected chi connectivity index (χ4v) is 6.88. The number of rotatable bonds is 2. The average Bonchev–Trinajstić information content (AvgIpc) is 3.18. The Kier molecular flexibility index (Phi) is 4.36. The van der Waals surface area contributed by atoms with E-state index in [1.54, 1.807) is 0 Å². The van der Waals surface area contributed by atoms with Gasteiger partial charge in [-0.2, -0.15) is 0 Å². The van der Waals surface area contributed by atoms with Crippen molar-refractivity contribution in [1.29, 1.82) is 0 Å². The Labute approximate surface area is 156 Å². The summed E-state index contributed by atoms with van der Waals surface area (Å²) in [4.78, 5) is 29.4. The summed E-state index contributed by atoms with van der Waals surface area (Å²) in [5.41, 5.74) is 0. The van der Waals surface area contributed by atoms with Crippen LogP contribution in [0.2, 0.25) is 0 Å². The van der Waals surface area contributed by atoms with E-state index in [9.17, 15) is 9.59 Å². The fraction of sp³-hybridized carbons (Fsp3) is 0.905. The number of carbonyl (C=O) groups is 2.